The summed E-state index contributed by atoms with van der Waals surface area (Å²) in [7, 11) is 1.68. The molecule has 3 nitrogen and oxygen atoms in total. The predicted molar refractivity (Wildman–Crippen MR) is 82.0 cm³/mol. The lowest BCUT2D eigenvalue weighted by Crippen LogP contribution is -2.30. The molecule has 2 rings (SSSR count). The van der Waals surface area contributed by atoms with Crippen molar-refractivity contribution in [3.8, 4) is 5.75 Å². The Bertz CT molecular complexity index is 402. The highest BCUT2D eigenvalue weighted by atomic mass is 16.5. The summed E-state index contributed by atoms with van der Waals surface area (Å²) in [6.07, 6.45) is 5.98. The van der Waals surface area contributed by atoms with Gasteiger partial charge in [-0.2, -0.15) is 0 Å². The molecule has 0 heterocycles. The summed E-state index contributed by atoms with van der Waals surface area (Å²) in [4.78, 5) is 0. The van der Waals surface area contributed by atoms with E-state index in [2.05, 4.69) is 18.3 Å². The van der Waals surface area contributed by atoms with Crippen molar-refractivity contribution in [3.63, 3.8) is 0 Å². The maximum Gasteiger partial charge on any atom is 0.119 e. The summed E-state index contributed by atoms with van der Waals surface area (Å²) in [5, 5.41) is 13.5. The molecule has 1 saturated carbocycles. The minimum Gasteiger partial charge on any atom is -0.497 e. The Morgan fingerprint density at radius 1 is 1.35 bits per heavy atom. The molecule has 1 aliphatic carbocycles. The van der Waals surface area contributed by atoms with Crippen molar-refractivity contribution in [1.29, 1.82) is 0 Å². The highest BCUT2D eigenvalue weighted by molar-refractivity contribution is 5.30. The molecule has 0 radical (unpaired) electrons. The zero-order chi connectivity index (χ0) is 14.4. The van der Waals surface area contributed by atoms with Gasteiger partial charge in [-0.1, -0.05) is 37.8 Å². The molecule has 0 amide bonds. The lowest BCUT2D eigenvalue weighted by molar-refractivity contribution is 0.137. The van der Waals surface area contributed by atoms with Gasteiger partial charge in [0, 0.05) is 12.6 Å². The minimum atomic E-state index is -0.230. The number of hydrogen-bond acceptors (Lipinski definition) is 3. The van der Waals surface area contributed by atoms with E-state index in [9.17, 15) is 5.11 Å². The van der Waals surface area contributed by atoms with Gasteiger partial charge in [0.2, 0.25) is 0 Å². The average molecular weight is 277 g/mol. The zero-order valence-electron chi connectivity index (χ0n) is 12.6. The van der Waals surface area contributed by atoms with Crippen molar-refractivity contribution >= 4 is 0 Å². The Morgan fingerprint density at radius 3 is 2.80 bits per heavy atom. The van der Waals surface area contributed by atoms with Gasteiger partial charge in [0.25, 0.3) is 0 Å². The molecule has 0 spiro atoms. The molecule has 2 atom stereocenters. The molecule has 1 unspecified atom stereocenters. The fourth-order valence-electron chi connectivity index (χ4n) is 3.06. The Hall–Kier alpha value is -1.06. The summed E-state index contributed by atoms with van der Waals surface area (Å²) in [5.74, 6) is 1.61. The molecular formula is C17H27NO2. The van der Waals surface area contributed by atoms with E-state index in [1.165, 1.54) is 31.2 Å². The second kappa shape index (κ2) is 7.65. The van der Waals surface area contributed by atoms with Crippen molar-refractivity contribution in [3.05, 3.63) is 29.8 Å². The molecule has 112 valence electrons. The molecule has 1 aliphatic rings. The maximum atomic E-state index is 10.1. The largest absolute Gasteiger partial charge is 0.497 e. The van der Waals surface area contributed by atoms with Crippen LogP contribution in [-0.2, 0) is 0 Å². The van der Waals surface area contributed by atoms with Crippen molar-refractivity contribution in [2.45, 2.75) is 51.2 Å². The van der Waals surface area contributed by atoms with Crippen molar-refractivity contribution in [2.24, 2.45) is 5.92 Å². The Balaban J connectivity index is 1.77. The highest BCUT2D eigenvalue weighted by Gasteiger charge is 2.19. The lowest BCUT2D eigenvalue weighted by atomic mass is 9.99. The predicted octanol–water partition coefficient (Wildman–Crippen LogP) is 3.29. The average Bonchev–Trinajstić information content (AvgIpc) is 2.97. The van der Waals surface area contributed by atoms with Crippen LogP contribution in [0.25, 0.3) is 0 Å². The van der Waals surface area contributed by atoms with Gasteiger partial charge in [-0.15, -0.1) is 0 Å². The van der Waals surface area contributed by atoms with Gasteiger partial charge in [-0.25, -0.2) is 0 Å². The number of aliphatic hydroxyl groups excluding tert-OH is 1. The SMILES string of the molecule is COc1cccc([C@@H](C)NCC(O)CC2CCCC2)c1. The van der Waals surface area contributed by atoms with Crippen LogP contribution in [-0.4, -0.2) is 24.9 Å². The Labute approximate surface area is 122 Å². The van der Waals surface area contributed by atoms with Gasteiger partial charge in [0.15, 0.2) is 0 Å². The van der Waals surface area contributed by atoms with E-state index in [1.54, 1.807) is 7.11 Å². The second-order valence-corrected chi connectivity index (χ2v) is 5.95. The molecule has 0 bridgehead atoms. The van der Waals surface area contributed by atoms with E-state index in [-0.39, 0.29) is 12.1 Å². The van der Waals surface area contributed by atoms with Crippen LogP contribution < -0.4 is 10.1 Å². The number of methoxy groups -OCH3 is 1. The first kappa shape index (κ1) is 15.3. The third-order valence-electron chi connectivity index (χ3n) is 4.33. The third kappa shape index (κ3) is 4.50. The number of benzene rings is 1. The molecule has 2 N–H and O–H groups in total. The standard InChI is InChI=1S/C17H27NO2/c1-13(15-8-5-9-17(11-15)20-2)18-12-16(19)10-14-6-3-4-7-14/h5,8-9,11,13-14,16,18-19H,3-4,6-7,10,12H2,1-2H3/t13-,16?/m1/s1. The highest BCUT2D eigenvalue weighted by Crippen LogP contribution is 2.28. The molecule has 3 heteroatoms. The van der Waals surface area contributed by atoms with E-state index in [0.717, 1.165) is 18.1 Å². The van der Waals surface area contributed by atoms with Crippen LogP contribution in [0.3, 0.4) is 0 Å². The van der Waals surface area contributed by atoms with Gasteiger partial charge in [-0.3, -0.25) is 0 Å². The van der Waals surface area contributed by atoms with Crippen molar-refractivity contribution < 1.29 is 9.84 Å². The van der Waals surface area contributed by atoms with E-state index >= 15 is 0 Å². The summed E-state index contributed by atoms with van der Waals surface area (Å²) in [5.41, 5.74) is 1.19. The molecule has 1 aromatic carbocycles. The molecule has 1 fully saturated rings. The minimum absolute atomic E-state index is 0.225. The van der Waals surface area contributed by atoms with Crippen LogP contribution >= 0.6 is 0 Å². The van der Waals surface area contributed by atoms with Gasteiger partial charge in [0.05, 0.1) is 13.2 Å². The van der Waals surface area contributed by atoms with E-state index in [0.29, 0.717) is 6.54 Å². The van der Waals surface area contributed by atoms with Gasteiger partial charge in [-0.05, 0) is 37.0 Å². The number of hydrogen-bond donors (Lipinski definition) is 2. The summed E-state index contributed by atoms with van der Waals surface area (Å²) in [6, 6.07) is 8.31. The number of aliphatic hydroxyl groups is 1. The number of rotatable bonds is 7. The van der Waals surface area contributed by atoms with E-state index in [1.807, 2.05) is 18.2 Å². The first-order chi connectivity index (χ1) is 9.69. The number of ether oxygens (including phenoxy) is 1. The summed E-state index contributed by atoms with van der Waals surface area (Å²) in [6.45, 7) is 2.78. The Morgan fingerprint density at radius 2 is 2.10 bits per heavy atom. The molecule has 1 aromatic rings. The van der Waals surface area contributed by atoms with Crippen LogP contribution in [0.4, 0.5) is 0 Å². The quantitative estimate of drug-likeness (QED) is 0.803. The zero-order valence-corrected chi connectivity index (χ0v) is 12.6. The van der Waals surface area contributed by atoms with Crippen LogP contribution in [0.5, 0.6) is 5.75 Å². The van der Waals surface area contributed by atoms with Crippen LogP contribution in [0.15, 0.2) is 24.3 Å². The topological polar surface area (TPSA) is 41.5 Å². The van der Waals surface area contributed by atoms with Crippen LogP contribution in [0.1, 0.15) is 50.6 Å². The van der Waals surface area contributed by atoms with E-state index in [4.69, 9.17) is 4.74 Å². The summed E-state index contributed by atoms with van der Waals surface area (Å²) >= 11 is 0. The third-order valence-corrected chi connectivity index (χ3v) is 4.33. The fraction of sp³-hybridized carbons (Fsp3) is 0.647. The summed E-state index contributed by atoms with van der Waals surface area (Å²) < 4.78 is 5.24. The molecule has 0 saturated heterocycles. The molecular weight excluding hydrogens is 250 g/mol. The normalized spacial score (nSPS) is 18.9. The molecule has 0 aliphatic heterocycles. The van der Waals surface area contributed by atoms with E-state index < -0.39 is 0 Å². The number of nitrogens with one attached hydrogen (secondary N) is 1. The molecule has 20 heavy (non-hydrogen) atoms. The van der Waals surface area contributed by atoms with Gasteiger partial charge >= 0.3 is 0 Å². The van der Waals surface area contributed by atoms with Crippen LogP contribution in [0.2, 0.25) is 0 Å². The maximum absolute atomic E-state index is 10.1. The first-order valence-corrected chi connectivity index (χ1v) is 7.74. The monoisotopic (exact) mass is 277 g/mol. The molecule has 0 aromatic heterocycles. The van der Waals surface area contributed by atoms with Gasteiger partial charge < -0.3 is 15.2 Å². The van der Waals surface area contributed by atoms with Crippen molar-refractivity contribution in [1.82, 2.24) is 5.32 Å². The lowest BCUT2D eigenvalue weighted by Gasteiger charge is -2.20. The Kier molecular flexibility index (Phi) is 5.86. The van der Waals surface area contributed by atoms with Gasteiger partial charge in [0.1, 0.15) is 5.75 Å². The van der Waals surface area contributed by atoms with Crippen LogP contribution in [0, 0.1) is 5.92 Å². The first-order valence-electron chi connectivity index (χ1n) is 7.74. The smallest absolute Gasteiger partial charge is 0.119 e. The van der Waals surface area contributed by atoms with Crippen molar-refractivity contribution in [2.75, 3.05) is 13.7 Å². The second-order valence-electron chi connectivity index (χ2n) is 5.95. The fourth-order valence-corrected chi connectivity index (χ4v) is 3.06.